The lowest BCUT2D eigenvalue weighted by molar-refractivity contribution is -0.385. The molecule has 2 rings (SSSR count). The summed E-state index contributed by atoms with van der Waals surface area (Å²) in [5.41, 5.74) is 0.771. The van der Waals surface area contributed by atoms with Gasteiger partial charge in [0.15, 0.2) is 0 Å². The lowest BCUT2D eigenvalue weighted by atomic mass is 10.1. The molecule has 1 aromatic carbocycles. The molecule has 2 N–H and O–H groups in total. The van der Waals surface area contributed by atoms with Crippen LogP contribution in [0.1, 0.15) is 17.4 Å². The first-order chi connectivity index (χ1) is 9.61. The third kappa shape index (κ3) is 3.44. The van der Waals surface area contributed by atoms with Crippen LogP contribution in [0.4, 0.5) is 5.69 Å². The SMILES string of the molecule is O=[N+]([O-])c1cc(CNC(CO)c2ccco2)ccc1Br. The van der Waals surface area contributed by atoms with Gasteiger partial charge in [-0.1, -0.05) is 6.07 Å². The molecule has 1 atom stereocenters. The Labute approximate surface area is 123 Å². The van der Waals surface area contributed by atoms with Gasteiger partial charge in [0, 0.05) is 12.6 Å². The molecule has 1 unspecified atom stereocenters. The normalized spacial score (nSPS) is 12.3. The van der Waals surface area contributed by atoms with Gasteiger partial charge in [0.25, 0.3) is 5.69 Å². The average Bonchev–Trinajstić information content (AvgIpc) is 2.95. The van der Waals surface area contributed by atoms with Crippen molar-refractivity contribution in [2.45, 2.75) is 12.6 Å². The molecule has 1 aromatic heterocycles. The smallest absolute Gasteiger partial charge is 0.283 e. The van der Waals surface area contributed by atoms with Gasteiger partial charge in [-0.2, -0.15) is 0 Å². The summed E-state index contributed by atoms with van der Waals surface area (Å²) >= 11 is 3.14. The number of hydrogen-bond acceptors (Lipinski definition) is 5. The number of nitro groups is 1. The summed E-state index contributed by atoms with van der Waals surface area (Å²) in [5, 5.41) is 23.3. The Bertz CT molecular complexity index is 586. The lowest BCUT2D eigenvalue weighted by Gasteiger charge is -2.13. The molecule has 0 aliphatic rings. The van der Waals surface area contributed by atoms with E-state index in [0.29, 0.717) is 16.8 Å². The van der Waals surface area contributed by atoms with Crippen LogP contribution < -0.4 is 5.32 Å². The summed E-state index contributed by atoms with van der Waals surface area (Å²) in [6.45, 7) is 0.270. The standard InChI is InChI=1S/C13H13BrN2O4/c14-10-4-3-9(6-12(10)16(18)19)7-15-11(8-17)13-2-1-5-20-13/h1-6,11,15,17H,7-8H2. The molecule has 0 aliphatic carbocycles. The minimum Gasteiger partial charge on any atom is -0.468 e. The van der Waals surface area contributed by atoms with Gasteiger partial charge in [0.05, 0.1) is 28.3 Å². The predicted octanol–water partition coefficient (Wildman–Crippen LogP) is 2.77. The van der Waals surface area contributed by atoms with Crippen molar-refractivity contribution in [2.24, 2.45) is 0 Å². The number of hydrogen-bond donors (Lipinski definition) is 2. The van der Waals surface area contributed by atoms with Crippen LogP contribution in [0.15, 0.2) is 45.5 Å². The Morgan fingerprint density at radius 1 is 1.45 bits per heavy atom. The summed E-state index contributed by atoms with van der Waals surface area (Å²) in [7, 11) is 0. The van der Waals surface area contributed by atoms with Gasteiger partial charge in [-0.25, -0.2) is 0 Å². The van der Waals surface area contributed by atoms with Gasteiger partial charge in [-0.3, -0.25) is 10.1 Å². The summed E-state index contributed by atoms with van der Waals surface area (Å²) in [6.07, 6.45) is 1.53. The number of rotatable bonds is 6. The fourth-order valence-electron chi connectivity index (χ4n) is 1.79. The topological polar surface area (TPSA) is 88.5 Å². The maximum absolute atomic E-state index is 10.9. The van der Waals surface area contributed by atoms with Gasteiger partial charge in [-0.05, 0) is 39.7 Å². The Morgan fingerprint density at radius 2 is 2.25 bits per heavy atom. The van der Waals surface area contributed by atoms with Gasteiger partial charge in [0.1, 0.15) is 5.76 Å². The Hall–Kier alpha value is -1.70. The van der Waals surface area contributed by atoms with E-state index in [-0.39, 0.29) is 18.3 Å². The van der Waals surface area contributed by atoms with Gasteiger partial charge >= 0.3 is 0 Å². The molecular weight excluding hydrogens is 328 g/mol. The summed E-state index contributed by atoms with van der Waals surface area (Å²) in [6, 6.07) is 8.07. The van der Waals surface area contributed by atoms with E-state index in [0.717, 1.165) is 5.56 Å². The van der Waals surface area contributed by atoms with Gasteiger partial charge in [0.2, 0.25) is 0 Å². The molecule has 7 heteroatoms. The first-order valence-electron chi connectivity index (χ1n) is 5.92. The molecule has 0 spiro atoms. The zero-order valence-corrected chi connectivity index (χ0v) is 12.0. The molecule has 20 heavy (non-hydrogen) atoms. The average molecular weight is 341 g/mol. The number of nitro benzene ring substituents is 1. The molecule has 0 radical (unpaired) electrons. The number of aliphatic hydroxyl groups is 1. The van der Waals surface area contributed by atoms with E-state index in [1.54, 1.807) is 24.3 Å². The molecule has 0 amide bonds. The fourth-order valence-corrected chi connectivity index (χ4v) is 2.19. The van der Waals surface area contributed by atoms with Crippen LogP contribution in [-0.2, 0) is 6.54 Å². The molecule has 0 fully saturated rings. The van der Waals surface area contributed by atoms with E-state index in [1.165, 1.54) is 12.3 Å². The Morgan fingerprint density at radius 3 is 2.85 bits per heavy atom. The first kappa shape index (κ1) is 14.7. The largest absolute Gasteiger partial charge is 0.468 e. The van der Waals surface area contributed by atoms with E-state index in [4.69, 9.17) is 4.42 Å². The highest BCUT2D eigenvalue weighted by atomic mass is 79.9. The Balaban J connectivity index is 2.07. The number of furan rings is 1. The van der Waals surface area contributed by atoms with E-state index >= 15 is 0 Å². The van der Waals surface area contributed by atoms with Crippen molar-refractivity contribution >= 4 is 21.6 Å². The van der Waals surface area contributed by atoms with Crippen LogP contribution in [0.5, 0.6) is 0 Å². The summed E-state index contributed by atoms with van der Waals surface area (Å²) in [5.74, 6) is 0.624. The second-order valence-corrected chi connectivity index (χ2v) is 5.03. The Kier molecular flexibility index (Phi) is 4.89. The highest BCUT2D eigenvalue weighted by Gasteiger charge is 2.15. The van der Waals surface area contributed by atoms with Crippen LogP contribution >= 0.6 is 15.9 Å². The maximum Gasteiger partial charge on any atom is 0.283 e. The fraction of sp³-hybridized carbons (Fsp3) is 0.231. The van der Waals surface area contributed by atoms with Crippen molar-refractivity contribution in [3.63, 3.8) is 0 Å². The highest BCUT2D eigenvalue weighted by Crippen LogP contribution is 2.25. The number of nitrogens with one attached hydrogen (secondary N) is 1. The minimum atomic E-state index is -0.441. The van der Waals surface area contributed by atoms with Crippen LogP contribution in [0, 0.1) is 10.1 Å². The van der Waals surface area contributed by atoms with E-state index in [2.05, 4.69) is 21.2 Å². The molecule has 106 valence electrons. The third-order valence-electron chi connectivity index (χ3n) is 2.83. The third-order valence-corrected chi connectivity index (χ3v) is 3.50. The van der Waals surface area contributed by atoms with E-state index < -0.39 is 4.92 Å². The maximum atomic E-state index is 10.9. The van der Waals surface area contributed by atoms with E-state index in [1.807, 2.05) is 0 Å². The number of halogens is 1. The second-order valence-electron chi connectivity index (χ2n) is 4.17. The highest BCUT2D eigenvalue weighted by molar-refractivity contribution is 9.10. The van der Waals surface area contributed by atoms with Crippen LogP contribution in [0.2, 0.25) is 0 Å². The van der Waals surface area contributed by atoms with Crippen molar-refractivity contribution in [1.82, 2.24) is 5.32 Å². The lowest BCUT2D eigenvalue weighted by Crippen LogP contribution is -2.23. The van der Waals surface area contributed by atoms with Crippen LogP contribution in [-0.4, -0.2) is 16.6 Å². The number of aliphatic hydroxyl groups excluding tert-OH is 1. The zero-order valence-electron chi connectivity index (χ0n) is 10.5. The van der Waals surface area contributed by atoms with Crippen molar-refractivity contribution < 1.29 is 14.4 Å². The molecule has 2 aromatic rings. The van der Waals surface area contributed by atoms with E-state index in [9.17, 15) is 15.2 Å². The van der Waals surface area contributed by atoms with Gasteiger partial charge < -0.3 is 14.8 Å². The number of benzene rings is 1. The molecule has 0 aliphatic heterocycles. The van der Waals surface area contributed by atoms with Crippen LogP contribution in [0.25, 0.3) is 0 Å². The second kappa shape index (κ2) is 6.65. The van der Waals surface area contributed by atoms with Crippen molar-refractivity contribution in [3.8, 4) is 0 Å². The number of nitrogens with zero attached hydrogens (tertiary/aromatic N) is 1. The van der Waals surface area contributed by atoms with Gasteiger partial charge in [-0.15, -0.1) is 0 Å². The molecule has 6 nitrogen and oxygen atoms in total. The first-order valence-corrected chi connectivity index (χ1v) is 6.71. The predicted molar refractivity (Wildman–Crippen MR) is 76.2 cm³/mol. The van der Waals surface area contributed by atoms with Crippen molar-refractivity contribution in [1.29, 1.82) is 0 Å². The quantitative estimate of drug-likeness (QED) is 0.623. The molecule has 0 saturated heterocycles. The van der Waals surface area contributed by atoms with Crippen molar-refractivity contribution in [2.75, 3.05) is 6.61 Å². The molecular formula is C13H13BrN2O4. The van der Waals surface area contributed by atoms with Crippen LogP contribution in [0.3, 0.4) is 0 Å². The molecule has 1 heterocycles. The monoisotopic (exact) mass is 340 g/mol. The summed E-state index contributed by atoms with van der Waals surface area (Å²) < 4.78 is 5.66. The minimum absolute atomic E-state index is 0.0165. The zero-order chi connectivity index (χ0) is 14.5. The summed E-state index contributed by atoms with van der Waals surface area (Å²) in [4.78, 5) is 10.4. The van der Waals surface area contributed by atoms with Crippen molar-refractivity contribution in [3.05, 3.63) is 62.5 Å². The molecule has 0 bridgehead atoms. The molecule has 0 saturated carbocycles.